The molecule has 108 valence electrons. The van der Waals surface area contributed by atoms with Gasteiger partial charge in [0, 0.05) is 18.2 Å². The Morgan fingerprint density at radius 2 is 2.16 bits per heavy atom. The van der Waals surface area contributed by atoms with Crippen LogP contribution in [-0.4, -0.2) is 26.1 Å². The molecule has 1 unspecified atom stereocenters. The van der Waals surface area contributed by atoms with Crippen molar-refractivity contribution in [1.29, 1.82) is 0 Å². The van der Waals surface area contributed by atoms with Gasteiger partial charge in [0.25, 0.3) is 0 Å². The van der Waals surface area contributed by atoms with Gasteiger partial charge in [0.15, 0.2) is 0 Å². The Morgan fingerprint density at radius 3 is 2.68 bits per heavy atom. The van der Waals surface area contributed by atoms with Crippen LogP contribution < -0.4 is 15.4 Å². The zero-order valence-electron chi connectivity index (χ0n) is 11.3. The van der Waals surface area contributed by atoms with Crippen molar-refractivity contribution in [3.05, 3.63) is 23.2 Å². The van der Waals surface area contributed by atoms with Gasteiger partial charge >= 0.3 is 0 Å². The zero-order chi connectivity index (χ0) is 13.5. The van der Waals surface area contributed by atoms with E-state index in [9.17, 15) is 4.79 Å². The molecule has 0 aromatic heterocycles. The van der Waals surface area contributed by atoms with Gasteiger partial charge in [-0.25, -0.2) is 0 Å². The summed E-state index contributed by atoms with van der Waals surface area (Å²) in [7, 11) is 1.82. The summed E-state index contributed by atoms with van der Waals surface area (Å²) >= 11 is 6.04. The van der Waals surface area contributed by atoms with E-state index < -0.39 is 0 Å². The van der Waals surface area contributed by atoms with Crippen LogP contribution in [0.3, 0.4) is 0 Å². The van der Waals surface area contributed by atoms with Gasteiger partial charge in [0.2, 0.25) is 5.91 Å². The van der Waals surface area contributed by atoms with Gasteiger partial charge in [-0.1, -0.05) is 18.5 Å². The molecule has 2 N–H and O–H groups in total. The Bertz CT molecular complexity index is 414. The van der Waals surface area contributed by atoms with Crippen molar-refractivity contribution in [3.63, 3.8) is 0 Å². The minimum Gasteiger partial charge on any atom is -0.492 e. The number of hydrogen-bond acceptors (Lipinski definition) is 3. The number of carbonyl (C=O) groups is 1. The second kappa shape index (κ2) is 9.02. The lowest BCUT2D eigenvalue weighted by atomic mass is 10.1. The third kappa shape index (κ3) is 5.68. The van der Waals surface area contributed by atoms with Crippen LogP contribution in [0.2, 0.25) is 5.02 Å². The first-order valence-corrected chi connectivity index (χ1v) is 6.34. The van der Waals surface area contributed by atoms with E-state index in [2.05, 4.69) is 10.6 Å². The molecular weight excluding hydrogens is 287 g/mol. The molecule has 19 heavy (non-hydrogen) atoms. The second-order valence-electron chi connectivity index (χ2n) is 4.03. The molecule has 0 saturated heterocycles. The van der Waals surface area contributed by atoms with Crippen LogP contribution in [0.25, 0.3) is 0 Å². The Balaban J connectivity index is 0.00000324. The van der Waals surface area contributed by atoms with Gasteiger partial charge in [-0.05, 0) is 32.2 Å². The van der Waals surface area contributed by atoms with Gasteiger partial charge in [-0.3, -0.25) is 4.79 Å². The topological polar surface area (TPSA) is 50.4 Å². The number of benzene rings is 1. The van der Waals surface area contributed by atoms with Crippen molar-refractivity contribution in [1.82, 2.24) is 5.32 Å². The van der Waals surface area contributed by atoms with E-state index in [-0.39, 0.29) is 24.2 Å². The highest BCUT2D eigenvalue weighted by Crippen LogP contribution is 2.27. The minimum atomic E-state index is -0.0969. The van der Waals surface area contributed by atoms with E-state index in [0.29, 0.717) is 29.6 Å². The van der Waals surface area contributed by atoms with Crippen molar-refractivity contribution in [2.45, 2.75) is 13.8 Å². The van der Waals surface area contributed by atoms with Crippen LogP contribution in [-0.2, 0) is 4.79 Å². The molecule has 1 aromatic carbocycles. The van der Waals surface area contributed by atoms with Crippen LogP contribution in [0.4, 0.5) is 5.69 Å². The summed E-state index contributed by atoms with van der Waals surface area (Å²) in [5.41, 5.74) is 0.677. The highest BCUT2D eigenvalue weighted by molar-refractivity contribution is 6.32. The summed E-state index contributed by atoms with van der Waals surface area (Å²) in [5, 5.41) is 6.28. The molecule has 0 radical (unpaired) electrons. The Labute approximate surface area is 125 Å². The zero-order valence-corrected chi connectivity index (χ0v) is 12.9. The van der Waals surface area contributed by atoms with E-state index in [4.69, 9.17) is 16.3 Å². The van der Waals surface area contributed by atoms with E-state index >= 15 is 0 Å². The lowest BCUT2D eigenvalue weighted by molar-refractivity contribution is -0.119. The second-order valence-corrected chi connectivity index (χ2v) is 4.43. The first-order chi connectivity index (χ1) is 8.58. The number of hydrogen-bond donors (Lipinski definition) is 2. The first-order valence-electron chi connectivity index (χ1n) is 5.96. The summed E-state index contributed by atoms with van der Waals surface area (Å²) < 4.78 is 5.33. The smallest absolute Gasteiger partial charge is 0.228 e. The highest BCUT2D eigenvalue weighted by atomic mass is 35.5. The number of amides is 1. The number of ether oxygens (including phenoxy) is 1. The quantitative estimate of drug-likeness (QED) is 0.849. The summed E-state index contributed by atoms with van der Waals surface area (Å²) in [6, 6.07) is 5.22. The summed E-state index contributed by atoms with van der Waals surface area (Å²) in [4.78, 5) is 11.8. The maximum Gasteiger partial charge on any atom is 0.228 e. The van der Waals surface area contributed by atoms with Crippen molar-refractivity contribution in [2.24, 2.45) is 5.92 Å². The Hall–Kier alpha value is -0.970. The number of carbonyl (C=O) groups excluding carboxylic acids is 1. The van der Waals surface area contributed by atoms with E-state index in [1.807, 2.05) is 20.9 Å². The molecule has 1 amide bonds. The molecule has 1 atom stereocenters. The maximum atomic E-state index is 11.8. The lowest BCUT2D eigenvalue weighted by Crippen LogP contribution is -2.28. The monoisotopic (exact) mass is 306 g/mol. The number of rotatable bonds is 6. The fraction of sp³-hybridized carbons (Fsp3) is 0.462. The molecule has 0 aliphatic rings. The standard InChI is InChI=1S/C13H19ClN2O2.ClH/c1-4-18-12-6-5-10(7-11(12)14)16-13(17)9(2)8-15-3;/h5-7,9,15H,4,8H2,1-3H3,(H,16,17);1H. The van der Waals surface area contributed by atoms with Crippen molar-refractivity contribution in [2.75, 3.05) is 25.5 Å². The third-order valence-corrected chi connectivity index (χ3v) is 2.75. The van der Waals surface area contributed by atoms with Crippen LogP contribution >= 0.6 is 24.0 Å². The number of nitrogens with one attached hydrogen (secondary N) is 2. The molecule has 0 fully saturated rings. The fourth-order valence-corrected chi connectivity index (χ4v) is 1.75. The molecule has 1 aromatic rings. The molecule has 0 bridgehead atoms. The van der Waals surface area contributed by atoms with E-state index in [0.717, 1.165) is 0 Å². The fourth-order valence-electron chi connectivity index (χ4n) is 1.52. The molecule has 0 spiro atoms. The maximum absolute atomic E-state index is 11.8. The van der Waals surface area contributed by atoms with Gasteiger partial charge in [0.05, 0.1) is 11.6 Å². The molecule has 0 aliphatic heterocycles. The van der Waals surface area contributed by atoms with E-state index in [1.54, 1.807) is 18.2 Å². The third-order valence-electron chi connectivity index (χ3n) is 2.46. The predicted octanol–water partition coefficient (Wildman–Crippen LogP) is 2.95. The lowest BCUT2D eigenvalue weighted by Gasteiger charge is -2.12. The average Bonchev–Trinajstić information content (AvgIpc) is 2.33. The first kappa shape index (κ1) is 18.0. The van der Waals surface area contributed by atoms with Gasteiger partial charge < -0.3 is 15.4 Å². The van der Waals surface area contributed by atoms with Crippen LogP contribution in [0.5, 0.6) is 5.75 Å². The van der Waals surface area contributed by atoms with Crippen molar-refractivity contribution >= 4 is 35.6 Å². The van der Waals surface area contributed by atoms with Gasteiger partial charge in [-0.2, -0.15) is 0 Å². The number of anilines is 1. The predicted molar refractivity (Wildman–Crippen MR) is 81.6 cm³/mol. The number of halogens is 2. The molecule has 0 aliphatic carbocycles. The SMILES string of the molecule is CCOc1ccc(NC(=O)C(C)CNC)cc1Cl.Cl. The van der Waals surface area contributed by atoms with Crippen LogP contribution in [0, 0.1) is 5.92 Å². The van der Waals surface area contributed by atoms with Crippen molar-refractivity contribution < 1.29 is 9.53 Å². The molecule has 1 rings (SSSR count). The van der Waals surface area contributed by atoms with Gasteiger partial charge in [-0.15, -0.1) is 12.4 Å². The summed E-state index contributed by atoms with van der Waals surface area (Å²) in [5.74, 6) is 0.491. The average molecular weight is 307 g/mol. The highest BCUT2D eigenvalue weighted by Gasteiger charge is 2.12. The van der Waals surface area contributed by atoms with Crippen molar-refractivity contribution in [3.8, 4) is 5.75 Å². The summed E-state index contributed by atoms with van der Waals surface area (Å²) in [6.45, 7) is 4.95. The molecule has 0 heterocycles. The van der Waals surface area contributed by atoms with Crippen LogP contribution in [0.15, 0.2) is 18.2 Å². The van der Waals surface area contributed by atoms with Gasteiger partial charge in [0.1, 0.15) is 5.75 Å². The largest absolute Gasteiger partial charge is 0.492 e. The minimum absolute atomic E-state index is 0. The molecule has 4 nitrogen and oxygen atoms in total. The Kier molecular flexibility index (Phi) is 8.56. The van der Waals surface area contributed by atoms with E-state index in [1.165, 1.54) is 0 Å². The van der Waals surface area contributed by atoms with Crippen LogP contribution in [0.1, 0.15) is 13.8 Å². The normalized spacial score (nSPS) is 11.4. The molecule has 0 saturated carbocycles. The Morgan fingerprint density at radius 1 is 1.47 bits per heavy atom. The molecule has 6 heteroatoms. The summed E-state index contributed by atoms with van der Waals surface area (Å²) in [6.07, 6.45) is 0. The molecular formula is C13H20Cl2N2O2.